The van der Waals surface area contributed by atoms with Gasteiger partial charge in [0.1, 0.15) is 19.2 Å². The summed E-state index contributed by atoms with van der Waals surface area (Å²) in [7, 11) is 0. The van der Waals surface area contributed by atoms with Crippen LogP contribution in [0.1, 0.15) is 27.8 Å². The maximum atomic E-state index is 5.82. The van der Waals surface area contributed by atoms with E-state index in [1.165, 1.54) is 23.0 Å². The fourth-order valence-corrected chi connectivity index (χ4v) is 3.84. The molecule has 0 radical (unpaired) electrons. The number of thioether (sulfide) groups is 1. The van der Waals surface area contributed by atoms with Crippen LogP contribution in [-0.2, 0) is 6.54 Å². The van der Waals surface area contributed by atoms with Gasteiger partial charge in [0.15, 0.2) is 0 Å². The second kappa shape index (κ2) is 7.53. The molecule has 0 aliphatic carbocycles. The Hall–Kier alpha value is -2.93. The summed E-state index contributed by atoms with van der Waals surface area (Å²) in [5.41, 5.74) is 3.67. The third-order valence-electron chi connectivity index (χ3n) is 4.00. The predicted molar refractivity (Wildman–Crippen MR) is 98.7 cm³/mol. The maximum Gasteiger partial charge on any atom is 0.277 e. The lowest BCUT2D eigenvalue weighted by Gasteiger charge is -2.17. The number of hydrogen-bond donors (Lipinski definition) is 0. The molecule has 1 atom stereocenters. The number of hydrogen-bond acceptors (Lipinski definition) is 6. The van der Waals surface area contributed by atoms with Gasteiger partial charge in [0.05, 0.1) is 5.25 Å². The third-order valence-corrected chi connectivity index (χ3v) is 5.13. The number of aryl methyl sites for hydroxylation is 1. The van der Waals surface area contributed by atoms with Gasteiger partial charge >= 0.3 is 0 Å². The van der Waals surface area contributed by atoms with Crippen LogP contribution in [0.15, 0.2) is 76.9 Å². The van der Waals surface area contributed by atoms with E-state index in [0.717, 1.165) is 0 Å². The molecule has 4 aromatic rings. The highest BCUT2D eigenvalue weighted by molar-refractivity contribution is 7.99. The van der Waals surface area contributed by atoms with Crippen molar-refractivity contribution in [3.8, 4) is 0 Å². The molecule has 26 heavy (non-hydrogen) atoms. The lowest BCUT2D eigenvalue weighted by molar-refractivity contribution is 0.397. The van der Waals surface area contributed by atoms with Crippen LogP contribution in [0.3, 0.4) is 0 Å². The first kappa shape index (κ1) is 16.5. The van der Waals surface area contributed by atoms with Crippen molar-refractivity contribution in [1.82, 2.24) is 25.0 Å². The zero-order valence-electron chi connectivity index (χ0n) is 14.2. The van der Waals surface area contributed by atoms with Gasteiger partial charge in [-0.1, -0.05) is 66.4 Å². The van der Waals surface area contributed by atoms with Crippen molar-refractivity contribution in [3.63, 3.8) is 0 Å². The molecule has 0 amide bonds. The van der Waals surface area contributed by atoms with E-state index in [-0.39, 0.29) is 5.25 Å². The van der Waals surface area contributed by atoms with Gasteiger partial charge in [-0.15, -0.1) is 10.2 Å². The summed E-state index contributed by atoms with van der Waals surface area (Å²) < 4.78 is 7.47. The Labute approximate surface area is 155 Å². The minimum atomic E-state index is 0.0806. The van der Waals surface area contributed by atoms with Crippen molar-refractivity contribution in [1.29, 1.82) is 0 Å². The van der Waals surface area contributed by atoms with Crippen LogP contribution < -0.4 is 0 Å². The van der Waals surface area contributed by atoms with Crippen molar-refractivity contribution in [2.75, 3.05) is 0 Å². The fourth-order valence-electron chi connectivity index (χ4n) is 2.72. The molecule has 0 saturated carbocycles. The van der Waals surface area contributed by atoms with E-state index in [1.807, 2.05) is 18.2 Å². The van der Waals surface area contributed by atoms with E-state index in [1.54, 1.807) is 22.8 Å². The van der Waals surface area contributed by atoms with Gasteiger partial charge in [-0.2, -0.15) is 5.10 Å². The molecule has 2 aromatic heterocycles. The van der Waals surface area contributed by atoms with Crippen LogP contribution in [0.25, 0.3) is 0 Å². The average molecular weight is 363 g/mol. The topological polar surface area (TPSA) is 69.6 Å². The number of benzene rings is 2. The summed E-state index contributed by atoms with van der Waals surface area (Å²) in [6.07, 6.45) is 3.10. The van der Waals surface area contributed by atoms with Crippen molar-refractivity contribution in [2.45, 2.75) is 23.9 Å². The molecule has 0 spiro atoms. The summed E-state index contributed by atoms with van der Waals surface area (Å²) in [6, 6.07) is 18.7. The zero-order chi connectivity index (χ0) is 17.8. The van der Waals surface area contributed by atoms with Crippen molar-refractivity contribution >= 4 is 11.8 Å². The van der Waals surface area contributed by atoms with E-state index in [4.69, 9.17) is 4.42 Å². The number of rotatable bonds is 6. The number of nitrogens with zero attached hydrogens (tertiary/aromatic N) is 5. The molecule has 0 saturated heterocycles. The highest BCUT2D eigenvalue weighted by Gasteiger charge is 2.21. The molecule has 6 nitrogen and oxygen atoms in total. The van der Waals surface area contributed by atoms with Crippen LogP contribution >= 0.6 is 11.8 Å². The standard InChI is InChI=1S/C19H17N5OS/c1-14-7-5-6-10-16(14)18(15-8-3-2-4-9-15)26-19-23-22-17(25-19)11-24-13-20-12-21-24/h2-10,12-13,18H,11H2,1H3/t18-/m0/s1. The maximum absolute atomic E-state index is 5.82. The van der Waals surface area contributed by atoms with Crippen molar-refractivity contribution in [3.05, 3.63) is 89.8 Å². The number of aromatic nitrogens is 5. The summed E-state index contributed by atoms with van der Waals surface area (Å²) in [5.74, 6) is 0.509. The first-order chi connectivity index (χ1) is 12.8. The van der Waals surface area contributed by atoms with Gasteiger partial charge in [-0.3, -0.25) is 0 Å². The van der Waals surface area contributed by atoms with Gasteiger partial charge in [0.25, 0.3) is 5.22 Å². The quantitative estimate of drug-likeness (QED) is 0.484. The Morgan fingerprint density at radius 2 is 1.85 bits per heavy atom. The molecule has 7 heteroatoms. The SMILES string of the molecule is Cc1ccccc1[C@@H](Sc1nnc(Cn2cncn2)o1)c1ccccc1. The Kier molecular flexibility index (Phi) is 4.79. The molecule has 2 heterocycles. The summed E-state index contributed by atoms with van der Waals surface area (Å²) in [4.78, 5) is 3.92. The Morgan fingerprint density at radius 3 is 2.62 bits per heavy atom. The van der Waals surface area contributed by atoms with E-state index >= 15 is 0 Å². The first-order valence-electron chi connectivity index (χ1n) is 8.21. The molecule has 0 aliphatic heterocycles. The lowest BCUT2D eigenvalue weighted by atomic mass is 10.0. The highest BCUT2D eigenvalue weighted by Crippen LogP contribution is 2.40. The molecule has 2 aromatic carbocycles. The summed E-state index contributed by atoms with van der Waals surface area (Å²) in [6.45, 7) is 2.53. The second-order valence-corrected chi connectivity index (χ2v) is 6.88. The van der Waals surface area contributed by atoms with E-state index < -0.39 is 0 Å². The predicted octanol–water partition coefficient (Wildman–Crippen LogP) is 3.90. The molecule has 0 fully saturated rings. The molecule has 0 aliphatic rings. The Morgan fingerprint density at radius 1 is 1.04 bits per heavy atom. The monoisotopic (exact) mass is 363 g/mol. The van der Waals surface area contributed by atoms with Crippen LogP contribution in [-0.4, -0.2) is 25.0 Å². The van der Waals surface area contributed by atoms with Gasteiger partial charge < -0.3 is 4.42 Å². The smallest absolute Gasteiger partial charge is 0.277 e. The Bertz CT molecular complexity index is 969. The van der Waals surface area contributed by atoms with Crippen molar-refractivity contribution < 1.29 is 4.42 Å². The molecular weight excluding hydrogens is 346 g/mol. The van der Waals surface area contributed by atoms with E-state index in [9.17, 15) is 0 Å². The van der Waals surface area contributed by atoms with Crippen LogP contribution in [0.5, 0.6) is 0 Å². The fraction of sp³-hybridized carbons (Fsp3) is 0.158. The van der Waals surface area contributed by atoms with Gasteiger partial charge in [-0.05, 0) is 23.6 Å². The molecule has 4 rings (SSSR count). The third kappa shape index (κ3) is 3.67. The van der Waals surface area contributed by atoms with E-state index in [2.05, 4.69) is 63.6 Å². The normalized spacial score (nSPS) is 12.2. The minimum absolute atomic E-state index is 0.0806. The molecule has 0 unspecified atom stereocenters. The van der Waals surface area contributed by atoms with Gasteiger partial charge in [0.2, 0.25) is 5.89 Å². The van der Waals surface area contributed by atoms with Crippen LogP contribution in [0, 0.1) is 6.92 Å². The average Bonchev–Trinajstić information content (AvgIpc) is 3.34. The van der Waals surface area contributed by atoms with E-state index in [0.29, 0.717) is 17.7 Å². The molecular formula is C19H17N5OS. The van der Waals surface area contributed by atoms with Crippen molar-refractivity contribution in [2.24, 2.45) is 0 Å². The summed E-state index contributed by atoms with van der Waals surface area (Å²) in [5, 5.41) is 13.0. The second-order valence-electron chi connectivity index (χ2n) is 5.82. The first-order valence-corrected chi connectivity index (χ1v) is 9.09. The lowest BCUT2D eigenvalue weighted by Crippen LogP contribution is -2.00. The Balaban J connectivity index is 1.61. The highest BCUT2D eigenvalue weighted by atomic mass is 32.2. The molecule has 130 valence electrons. The zero-order valence-corrected chi connectivity index (χ0v) is 15.0. The van der Waals surface area contributed by atoms with Crippen LogP contribution in [0.2, 0.25) is 0 Å². The summed E-state index contributed by atoms with van der Waals surface area (Å²) >= 11 is 1.56. The molecule has 0 N–H and O–H groups in total. The molecule has 0 bridgehead atoms. The van der Waals surface area contributed by atoms with Gasteiger partial charge in [0, 0.05) is 0 Å². The van der Waals surface area contributed by atoms with Gasteiger partial charge in [-0.25, -0.2) is 9.67 Å². The minimum Gasteiger partial charge on any atom is -0.414 e. The largest absolute Gasteiger partial charge is 0.414 e. The van der Waals surface area contributed by atoms with Crippen LogP contribution in [0.4, 0.5) is 0 Å².